The van der Waals surface area contributed by atoms with E-state index in [1.807, 2.05) is 27.7 Å². The molecule has 6 rings (SSSR count). The Hall–Kier alpha value is -5.11. The molecule has 0 radical (unpaired) electrons. The minimum absolute atomic E-state index is 0.0712. The highest BCUT2D eigenvalue weighted by atomic mass is 35.5. The number of alkyl halides is 14. The van der Waals surface area contributed by atoms with E-state index in [0.717, 1.165) is 42.7 Å². The molecule has 0 saturated carbocycles. The molecule has 0 amide bonds. The predicted octanol–water partition coefficient (Wildman–Crippen LogP) is 8.80. The smallest absolute Gasteiger partial charge is 0.465 e. The third kappa shape index (κ3) is 8.03. The van der Waals surface area contributed by atoms with Gasteiger partial charge in [0.1, 0.15) is 16.8 Å². The highest BCUT2D eigenvalue weighted by Crippen LogP contribution is 2.55. The summed E-state index contributed by atoms with van der Waals surface area (Å²) < 4.78 is 205. The van der Waals surface area contributed by atoms with Gasteiger partial charge in [-0.05, 0) is 58.0 Å². The Morgan fingerprint density at radius 3 is 1.50 bits per heavy atom. The summed E-state index contributed by atoms with van der Waals surface area (Å²) in [5, 5.41) is 7.71. The molecule has 1 aliphatic rings. The fraction of sp³-hybridized carbons (Fsp3) is 0.429. The Bertz CT molecular complexity index is 2400. The molecule has 1 fully saturated rings. The van der Waals surface area contributed by atoms with E-state index in [4.69, 9.17) is 20.9 Å². The number of nitrogens with zero attached hydrogens (tertiary/aromatic N) is 7. The molecule has 11 nitrogen and oxygen atoms in total. The van der Waals surface area contributed by atoms with Crippen molar-refractivity contribution in [3.8, 4) is 22.8 Å². The Morgan fingerprint density at radius 2 is 1.08 bits per heavy atom. The third-order valence-corrected chi connectivity index (χ3v) is 10.5. The molecule has 6 heterocycles. The molecule has 0 unspecified atom stereocenters. The number of methoxy groups -OCH3 is 1. The van der Waals surface area contributed by atoms with E-state index >= 15 is 0 Å². The highest BCUT2D eigenvalue weighted by molar-refractivity contribution is 6.62. The lowest BCUT2D eigenvalue weighted by atomic mass is 9.82. The maximum Gasteiger partial charge on any atom is 0.498 e. The van der Waals surface area contributed by atoms with Gasteiger partial charge in [-0.3, -0.25) is 0 Å². The molecule has 1 saturated heterocycles. The maximum absolute atomic E-state index is 14.4. The standard InChI is InChI=1S/C18H12ClF7N4O2.C17H19BF7N3O2/c1-29-12(16(20,17(21,22)23)18(24,25)26)3-4-13(29)30-8-10(7-28-30)9-5-11(15(31)32-2)14(19)27-6-9;1-13(2)14(3,4)30-18(29-13)10-8-26-28(9-10)12-7-6-11(27(12)5)15(19,16(20,21)22)17(23,24)25/h3-8H,1-2H3;6-9H,1-5H3. The number of rotatable bonds is 7. The molecule has 0 aromatic carbocycles. The fourth-order valence-corrected chi connectivity index (χ4v) is 6.25. The second kappa shape index (κ2) is 15.6. The number of hydrogen-bond donors (Lipinski definition) is 0. The number of carbonyl (C=O) groups excluding carboxylic acids is 1. The van der Waals surface area contributed by atoms with Crippen molar-refractivity contribution in [2.24, 2.45) is 14.1 Å². The van der Waals surface area contributed by atoms with E-state index in [-0.39, 0.29) is 22.4 Å². The zero-order chi connectivity index (χ0) is 47.0. The number of halogens is 15. The van der Waals surface area contributed by atoms with E-state index in [2.05, 4.69) is 19.9 Å². The summed E-state index contributed by atoms with van der Waals surface area (Å²) in [6, 6.07) is 3.92. The lowest BCUT2D eigenvalue weighted by Gasteiger charge is -2.32. The zero-order valence-electron chi connectivity index (χ0n) is 32.8. The van der Waals surface area contributed by atoms with Crippen LogP contribution in [-0.4, -0.2) is 89.8 Å². The molecular formula is C35H31BClF14N7O4. The average molecular weight is 926 g/mol. The largest absolute Gasteiger partial charge is 0.498 e. The van der Waals surface area contributed by atoms with Gasteiger partial charge in [-0.2, -0.15) is 62.9 Å². The van der Waals surface area contributed by atoms with Crippen molar-refractivity contribution in [3.63, 3.8) is 0 Å². The van der Waals surface area contributed by atoms with Crippen LogP contribution in [0.15, 0.2) is 61.3 Å². The first-order valence-electron chi connectivity index (χ1n) is 17.3. The van der Waals surface area contributed by atoms with E-state index in [0.29, 0.717) is 37.9 Å². The molecule has 338 valence electrons. The summed E-state index contributed by atoms with van der Waals surface area (Å²) >= 11 is 5.84. The SMILES string of the molecule is COC(=O)c1cc(-c2cnn(-c3ccc(C(F)(C(F)(F)F)C(F)(F)F)n3C)c2)cnc1Cl.Cn1c(-n2cc(B3OC(C)(C)C(C)(C)O3)cn2)ccc1C(F)(C(F)(F)F)C(F)(F)F. The van der Waals surface area contributed by atoms with Gasteiger partial charge in [-0.1, -0.05) is 11.6 Å². The monoisotopic (exact) mass is 925 g/mol. The van der Waals surface area contributed by atoms with Crippen LogP contribution >= 0.6 is 11.6 Å². The average Bonchev–Trinajstić information content (AvgIpc) is 3.97. The number of carbonyl (C=O) groups is 1. The number of aromatic nitrogens is 7. The van der Waals surface area contributed by atoms with E-state index in [9.17, 15) is 66.3 Å². The molecule has 0 aliphatic carbocycles. The topological polar surface area (TPSA) is 103 Å². The Kier molecular flexibility index (Phi) is 12.1. The summed E-state index contributed by atoms with van der Waals surface area (Å²) in [5.74, 6) is -1.26. The van der Waals surface area contributed by atoms with E-state index in [1.54, 1.807) is 0 Å². The molecular weight excluding hydrogens is 895 g/mol. The first kappa shape index (κ1) is 47.9. The lowest BCUT2D eigenvalue weighted by molar-refractivity contribution is -0.351. The molecule has 0 N–H and O–H groups in total. The minimum Gasteiger partial charge on any atom is -0.465 e. The van der Waals surface area contributed by atoms with Crippen LogP contribution in [0.2, 0.25) is 5.15 Å². The van der Waals surface area contributed by atoms with Crippen LogP contribution in [0, 0.1) is 0 Å². The molecule has 0 spiro atoms. The lowest BCUT2D eigenvalue weighted by Crippen LogP contribution is -2.51. The van der Waals surface area contributed by atoms with Gasteiger partial charge in [0.25, 0.3) is 0 Å². The summed E-state index contributed by atoms with van der Waals surface area (Å²) in [7, 11) is 2.03. The van der Waals surface area contributed by atoms with Gasteiger partial charge in [0.15, 0.2) is 0 Å². The van der Waals surface area contributed by atoms with Crippen molar-refractivity contribution in [2.75, 3.05) is 7.11 Å². The van der Waals surface area contributed by atoms with Gasteiger partial charge >= 0.3 is 49.1 Å². The van der Waals surface area contributed by atoms with E-state index in [1.165, 1.54) is 37.1 Å². The number of hydrogen-bond acceptors (Lipinski definition) is 7. The van der Waals surface area contributed by atoms with Crippen molar-refractivity contribution in [3.05, 3.63) is 83.4 Å². The molecule has 1 aliphatic heterocycles. The fourth-order valence-electron chi connectivity index (χ4n) is 6.07. The van der Waals surface area contributed by atoms with Crippen molar-refractivity contribution in [2.45, 2.75) is 74.9 Å². The van der Waals surface area contributed by atoms with Crippen molar-refractivity contribution >= 4 is 30.2 Å². The van der Waals surface area contributed by atoms with Crippen molar-refractivity contribution < 1.29 is 80.3 Å². The van der Waals surface area contributed by atoms with Crippen molar-refractivity contribution in [1.29, 1.82) is 0 Å². The number of ether oxygens (including phenoxy) is 1. The number of esters is 1. The van der Waals surface area contributed by atoms with Crippen LogP contribution in [0.1, 0.15) is 49.4 Å². The predicted molar refractivity (Wildman–Crippen MR) is 190 cm³/mol. The normalized spacial score (nSPS) is 16.1. The van der Waals surface area contributed by atoms with Crippen LogP contribution in [0.3, 0.4) is 0 Å². The molecule has 5 aromatic heterocycles. The summed E-state index contributed by atoms with van der Waals surface area (Å²) in [6.07, 6.45) is -18.5. The van der Waals surface area contributed by atoms with Gasteiger partial charge in [0.2, 0.25) is 0 Å². The van der Waals surface area contributed by atoms with Gasteiger partial charge < -0.3 is 23.2 Å². The van der Waals surface area contributed by atoms with Crippen LogP contribution in [0.5, 0.6) is 0 Å². The van der Waals surface area contributed by atoms with Crippen LogP contribution in [-0.2, 0) is 39.5 Å². The van der Waals surface area contributed by atoms with Crippen LogP contribution < -0.4 is 5.46 Å². The Balaban J connectivity index is 0.000000235. The van der Waals surface area contributed by atoms with Crippen LogP contribution in [0.25, 0.3) is 22.8 Å². The zero-order valence-corrected chi connectivity index (χ0v) is 33.5. The van der Waals surface area contributed by atoms with E-state index < -0.39 is 71.7 Å². The van der Waals surface area contributed by atoms with Crippen LogP contribution in [0.4, 0.5) is 61.5 Å². The quantitative estimate of drug-likeness (QED) is 0.0696. The summed E-state index contributed by atoms with van der Waals surface area (Å²) in [6.45, 7) is 7.26. The Labute approximate surface area is 346 Å². The van der Waals surface area contributed by atoms with Gasteiger partial charge in [-0.25, -0.2) is 27.9 Å². The van der Waals surface area contributed by atoms with Gasteiger partial charge in [0, 0.05) is 55.5 Å². The summed E-state index contributed by atoms with van der Waals surface area (Å²) in [4.78, 5) is 15.6. The van der Waals surface area contributed by atoms with Gasteiger partial charge in [0.05, 0.1) is 41.5 Å². The maximum atomic E-state index is 14.4. The second-order valence-electron chi connectivity index (χ2n) is 14.6. The molecule has 0 atom stereocenters. The first-order valence-corrected chi connectivity index (χ1v) is 17.7. The minimum atomic E-state index is -6.25. The molecule has 5 aromatic rings. The number of pyridine rings is 1. The third-order valence-electron chi connectivity index (χ3n) is 10.2. The molecule has 62 heavy (non-hydrogen) atoms. The highest BCUT2D eigenvalue weighted by Gasteiger charge is 2.76. The second-order valence-corrected chi connectivity index (χ2v) is 15.0. The first-order chi connectivity index (χ1) is 28.1. The molecule has 27 heteroatoms. The summed E-state index contributed by atoms with van der Waals surface area (Å²) in [5.41, 5.74) is -14.8. The van der Waals surface area contributed by atoms with Crippen molar-refractivity contribution in [1.82, 2.24) is 33.7 Å². The Morgan fingerprint density at radius 1 is 0.661 bits per heavy atom. The molecule has 0 bridgehead atoms. The van der Waals surface area contributed by atoms with Gasteiger partial charge in [-0.15, -0.1) is 0 Å².